The fraction of sp³-hybridized carbons (Fsp3) is 0.480. The van der Waals surface area contributed by atoms with E-state index in [9.17, 15) is 14.9 Å². The van der Waals surface area contributed by atoms with Crippen molar-refractivity contribution in [3.05, 3.63) is 41.6 Å². The van der Waals surface area contributed by atoms with Gasteiger partial charge in [0.25, 0.3) is 5.91 Å². The van der Waals surface area contributed by atoms with Crippen LogP contribution in [0.15, 0.2) is 36.0 Å². The van der Waals surface area contributed by atoms with Crippen molar-refractivity contribution in [1.29, 1.82) is 5.26 Å². The minimum Gasteiger partial charge on any atom is -0.385 e. The van der Waals surface area contributed by atoms with Crippen LogP contribution in [-0.2, 0) is 20.9 Å². The van der Waals surface area contributed by atoms with Crippen molar-refractivity contribution in [2.75, 3.05) is 20.3 Å². The van der Waals surface area contributed by atoms with E-state index in [1.54, 1.807) is 13.2 Å². The monoisotopic (exact) mass is 436 g/mol. The molecule has 7 nitrogen and oxygen atoms in total. The first kappa shape index (κ1) is 23.6. The van der Waals surface area contributed by atoms with Crippen LogP contribution >= 0.6 is 0 Å². The van der Waals surface area contributed by atoms with Crippen molar-refractivity contribution in [2.24, 2.45) is 0 Å². The van der Waals surface area contributed by atoms with Gasteiger partial charge in [0, 0.05) is 49.0 Å². The van der Waals surface area contributed by atoms with Gasteiger partial charge >= 0.3 is 0 Å². The molecule has 0 aliphatic heterocycles. The molecule has 32 heavy (non-hydrogen) atoms. The Hall–Kier alpha value is -3.11. The molecule has 1 heterocycles. The normalized spacial score (nSPS) is 15.2. The molecule has 2 aromatic rings. The Morgan fingerprint density at radius 2 is 1.97 bits per heavy atom. The van der Waals surface area contributed by atoms with Crippen molar-refractivity contribution in [3.8, 4) is 6.07 Å². The number of aromatic nitrogens is 1. The van der Waals surface area contributed by atoms with Gasteiger partial charge < -0.3 is 19.9 Å². The van der Waals surface area contributed by atoms with Gasteiger partial charge in [-0.3, -0.25) is 9.59 Å². The lowest BCUT2D eigenvalue weighted by Gasteiger charge is -2.15. The maximum Gasteiger partial charge on any atom is 0.262 e. The lowest BCUT2D eigenvalue weighted by atomic mass is 10.1. The van der Waals surface area contributed by atoms with Crippen molar-refractivity contribution in [2.45, 2.75) is 57.5 Å². The van der Waals surface area contributed by atoms with Crippen LogP contribution in [0.1, 0.15) is 50.5 Å². The average molecular weight is 437 g/mol. The first-order valence-electron chi connectivity index (χ1n) is 11.4. The lowest BCUT2D eigenvalue weighted by molar-refractivity contribution is -0.121. The Bertz CT molecular complexity index is 994. The number of amides is 2. The number of benzene rings is 1. The van der Waals surface area contributed by atoms with E-state index in [0.29, 0.717) is 13.2 Å². The summed E-state index contributed by atoms with van der Waals surface area (Å²) in [6, 6.07) is 9.88. The number of fused-ring (bicyclic) bond motifs is 1. The summed E-state index contributed by atoms with van der Waals surface area (Å²) in [5.74, 6) is -0.420. The topological polar surface area (TPSA) is 96.2 Å². The van der Waals surface area contributed by atoms with Gasteiger partial charge in [-0.1, -0.05) is 43.9 Å². The third-order valence-electron chi connectivity index (χ3n) is 5.84. The predicted molar refractivity (Wildman–Crippen MR) is 125 cm³/mol. The number of carbonyl (C=O) groups excluding carboxylic acids is 2. The zero-order chi connectivity index (χ0) is 22.8. The highest BCUT2D eigenvalue weighted by Crippen LogP contribution is 2.24. The number of nitriles is 1. The number of ether oxygens (including phenoxy) is 1. The van der Waals surface area contributed by atoms with Gasteiger partial charge in [-0.25, -0.2) is 0 Å². The van der Waals surface area contributed by atoms with Crippen LogP contribution in [0.3, 0.4) is 0 Å². The molecule has 1 fully saturated rings. The molecule has 2 N–H and O–H groups in total. The van der Waals surface area contributed by atoms with Crippen LogP contribution in [0.25, 0.3) is 17.0 Å². The van der Waals surface area contributed by atoms with E-state index in [1.807, 2.05) is 35.0 Å². The fourth-order valence-corrected chi connectivity index (χ4v) is 4.17. The zero-order valence-electron chi connectivity index (χ0n) is 18.7. The summed E-state index contributed by atoms with van der Waals surface area (Å²) >= 11 is 0. The zero-order valence-corrected chi connectivity index (χ0v) is 18.7. The number of nitrogens with one attached hydrogen (secondary N) is 2. The van der Waals surface area contributed by atoms with Gasteiger partial charge in [-0.2, -0.15) is 5.26 Å². The van der Waals surface area contributed by atoms with Crippen LogP contribution < -0.4 is 10.6 Å². The summed E-state index contributed by atoms with van der Waals surface area (Å²) in [5, 5.41) is 16.5. The van der Waals surface area contributed by atoms with Gasteiger partial charge in [0.15, 0.2) is 0 Å². The molecule has 170 valence electrons. The summed E-state index contributed by atoms with van der Waals surface area (Å²) in [4.78, 5) is 25.1. The van der Waals surface area contributed by atoms with Crippen molar-refractivity contribution >= 4 is 28.8 Å². The standard InChI is InChI=1S/C25H32N4O3/c1-32-14-8-13-27-24(30)18-29-17-20(22-11-6-7-12-23(22)29)15-19(16-26)25(31)28-21-9-4-2-3-5-10-21/h6-7,11-12,15,17,21H,2-5,8-10,13-14,18H2,1H3,(H,27,30)(H,28,31)/b19-15+. The highest BCUT2D eigenvalue weighted by atomic mass is 16.5. The Kier molecular flexibility index (Phi) is 8.88. The van der Waals surface area contributed by atoms with Crippen molar-refractivity contribution in [3.63, 3.8) is 0 Å². The van der Waals surface area contributed by atoms with Gasteiger partial charge in [0.05, 0.1) is 0 Å². The van der Waals surface area contributed by atoms with Gasteiger partial charge in [0.1, 0.15) is 18.2 Å². The maximum absolute atomic E-state index is 12.8. The third kappa shape index (κ3) is 6.44. The number of methoxy groups -OCH3 is 1. The van der Waals surface area contributed by atoms with Gasteiger partial charge in [-0.05, 0) is 31.4 Å². The molecule has 1 aromatic heterocycles. The molecule has 1 aliphatic carbocycles. The second-order valence-corrected chi connectivity index (χ2v) is 8.26. The Morgan fingerprint density at radius 3 is 2.69 bits per heavy atom. The predicted octanol–water partition coefficient (Wildman–Crippen LogP) is 3.54. The molecule has 0 saturated heterocycles. The Morgan fingerprint density at radius 1 is 1.22 bits per heavy atom. The quantitative estimate of drug-likeness (QED) is 0.272. The summed E-state index contributed by atoms with van der Waals surface area (Å²) in [6.45, 7) is 1.32. The fourth-order valence-electron chi connectivity index (χ4n) is 4.17. The molecule has 7 heteroatoms. The highest BCUT2D eigenvalue weighted by Gasteiger charge is 2.18. The first-order chi connectivity index (χ1) is 15.6. The molecule has 2 amide bonds. The number of rotatable bonds is 9. The Labute approximate surface area is 189 Å². The van der Waals surface area contributed by atoms with Crippen LogP contribution in [0.5, 0.6) is 0 Å². The van der Waals surface area contributed by atoms with Crippen LogP contribution in [0, 0.1) is 11.3 Å². The summed E-state index contributed by atoms with van der Waals surface area (Å²) in [5.41, 5.74) is 1.72. The average Bonchev–Trinajstić information content (AvgIpc) is 2.95. The molecule has 0 bridgehead atoms. The van der Waals surface area contributed by atoms with Gasteiger partial charge in [-0.15, -0.1) is 0 Å². The van der Waals surface area contributed by atoms with E-state index in [-0.39, 0.29) is 30.0 Å². The first-order valence-corrected chi connectivity index (χ1v) is 11.4. The second-order valence-electron chi connectivity index (χ2n) is 8.26. The highest BCUT2D eigenvalue weighted by molar-refractivity contribution is 6.04. The molecule has 1 aromatic carbocycles. The molecular formula is C25H32N4O3. The van der Waals surface area contributed by atoms with E-state index in [2.05, 4.69) is 16.7 Å². The molecule has 0 atom stereocenters. The van der Waals surface area contributed by atoms with E-state index in [4.69, 9.17) is 4.74 Å². The van der Waals surface area contributed by atoms with Crippen molar-refractivity contribution in [1.82, 2.24) is 15.2 Å². The SMILES string of the molecule is COCCCNC(=O)Cn1cc(/C=C(\C#N)C(=O)NC2CCCCCC2)c2ccccc21. The number of para-hydroxylation sites is 1. The minimum absolute atomic E-state index is 0.0844. The largest absolute Gasteiger partial charge is 0.385 e. The van der Waals surface area contributed by atoms with Gasteiger partial charge in [0.2, 0.25) is 5.91 Å². The molecule has 3 rings (SSSR count). The second kappa shape index (κ2) is 12.1. The number of hydrogen-bond acceptors (Lipinski definition) is 4. The molecule has 1 saturated carbocycles. The van der Waals surface area contributed by atoms with E-state index in [0.717, 1.165) is 48.6 Å². The molecule has 1 aliphatic rings. The number of hydrogen-bond donors (Lipinski definition) is 2. The Balaban J connectivity index is 1.76. The van der Waals surface area contributed by atoms with Crippen LogP contribution in [0.2, 0.25) is 0 Å². The van der Waals surface area contributed by atoms with E-state index >= 15 is 0 Å². The molecule has 0 spiro atoms. The van der Waals surface area contributed by atoms with Crippen molar-refractivity contribution < 1.29 is 14.3 Å². The van der Waals surface area contributed by atoms with Crippen LogP contribution in [0.4, 0.5) is 0 Å². The summed E-state index contributed by atoms with van der Waals surface area (Å²) < 4.78 is 6.85. The molecule has 0 unspecified atom stereocenters. The third-order valence-corrected chi connectivity index (χ3v) is 5.84. The smallest absolute Gasteiger partial charge is 0.262 e. The summed E-state index contributed by atoms with van der Waals surface area (Å²) in [7, 11) is 1.63. The number of carbonyl (C=O) groups is 2. The summed E-state index contributed by atoms with van der Waals surface area (Å²) in [6.07, 6.45) is 10.8. The maximum atomic E-state index is 12.8. The molecular weight excluding hydrogens is 404 g/mol. The number of nitrogens with zero attached hydrogens (tertiary/aromatic N) is 2. The minimum atomic E-state index is -0.327. The van der Waals surface area contributed by atoms with E-state index in [1.165, 1.54) is 12.8 Å². The molecule has 0 radical (unpaired) electrons. The van der Waals surface area contributed by atoms with E-state index < -0.39 is 0 Å². The van der Waals surface area contributed by atoms with Crippen LogP contribution in [-0.4, -0.2) is 42.7 Å². The lowest BCUT2D eigenvalue weighted by Crippen LogP contribution is -2.35.